The Kier molecular flexibility index (Phi) is 7.14. The molecule has 10 aromatic rings. The van der Waals surface area contributed by atoms with Crippen LogP contribution < -0.4 is 0 Å². The average molecular weight is 662 g/mol. The van der Waals surface area contributed by atoms with Crippen LogP contribution >= 0.6 is 0 Å². The molecule has 0 aliphatic carbocycles. The fraction of sp³-hybridized carbons (Fsp3) is 0. The zero-order valence-corrected chi connectivity index (χ0v) is 28.2. The van der Waals surface area contributed by atoms with Gasteiger partial charge in [0, 0.05) is 29.1 Å². The van der Waals surface area contributed by atoms with Crippen molar-refractivity contribution in [2.75, 3.05) is 0 Å². The third kappa shape index (κ3) is 5.10. The van der Waals surface area contributed by atoms with Gasteiger partial charge in [0.15, 0.2) is 5.82 Å². The third-order valence-corrected chi connectivity index (χ3v) is 10.2. The van der Waals surface area contributed by atoms with Gasteiger partial charge < -0.3 is 0 Å². The highest BCUT2D eigenvalue weighted by Gasteiger charge is 2.17. The summed E-state index contributed by atoms with van der Waals surface area (Å²) in [5.74, 6) is 0.688. The molecule has 2 aromatic heterocycles. The molecule has 0 aliphatic rings. The van der Waals surface area contributed by atoms with Crippen LogP contribution in [0.15, 0.2) is 188 Å². The molecule has 242 valence electrons. The number of benzene rings is 8. The second-order valence-electron chi connectivity index (χ2n) is 13.2. The molecule has 2 heterocycles. The smallest absolute Gasteiger partial charge is 0.160 e. The topological polar surface area (TPSA) is 38.7 Å². The number of hydrogen-bond donors (Lipinski definition) is 0. The van der Waals surface area contributed by atoms with E-state index in [1.165, 1.54) is 49.0 Å². The van der Waals surface area contributed by atoms with Crippen molar-refractivity contribution in [1.82, 2.24) is 15.0 Å². The fourth-order valence-electron chi connectivity index (χ4n) is 7.71. The van der Waals surface area contributed by atoms with Crippen LogP contribution in [0.25, 0.3) is 99.6 Å². The summed E-state index contributed by atoms with van der Waals surface area (Å²) in [6, 6.07) is 62.5. The molecule has 0 radical (unpaired) electrons. The maximum absolute atomic E-state index is 5.26. The van der Waals surface area contributed by atoms with E-state index in [2.05, 4.69) is 163 Å². The van der Waals surface area contributed by atoms with Gasteiger partial charge in [0.25, 0.3) is 0 Å². The van der Waals surface area contributed by atoms with Crippen LogP contribution in [0.5, 0.6) is 0 Å². The zero-order valence-electron chi connectivity index (χ0n) is 28.2. The van der Waals surface area contributed by atoms with Gasteiger partial charge in [-0.25, -0.2) is 9.97 Å². The quantitative estimate of drug-likeness (QED) is 0.166. The molecule has 0 atom stereocenters. The summed E-state index contributed by atoms with van der Waals surface area (Å²) < 4.78 is 0. The highest BCUT2D eigenvalue weighted by Crippen LogP contribution is 2.43. The van der Waals surface area contributed by atoms with Gasteiger partial charge in [-0.05, 0) is 90.0 Å². The summed E-state index contributed by atoms with van der Waals surface area (Å²) in [7, 11) is 0. The molecule has 0 aliphatic heterocycles. The van der Waals surface area contributed by atoms with Crippen molar-refractivity contribution in [2.45, 2.75) is 0 Å². The summed E-state index contributed by atoms with van der Waals surface area (Å²) in [4.78, 5) is 14.7. The minimum Gasteiger partial charge on any atom is -0.265 e. The Morgan fingerprint density at radius 3 is 1.52 bits per heavy atom. The lowest BCUT2D eigenvalue weighted by molar-refractivity contribution is 1.18. The molecule has 0 N–H and O–H groups in total. The lowest BCUT2D eigenvalue weighted by Gasteiger charge is -2.17. The van der Waals surface area contributed by atoms with Crippen LogP contribution in [0.1, 0.15) is 0 Å². The molecule has 0 unspecified atom stereocenters. The van der Waals surface area contributed by atoms with Gasteiger partial charge in [0.2, 0.25) is 0 Å². The first kappa shape index (κ1) is 29.9. The maximum Gasteiger partial charge on any atom is 0.160 e. The summed E-state index contributed by atoms with van der Waals surface area (Å²) in [6.45, 7) is 0. The van der Waals surface area contributed by atoms with Crippen LogP contribution in [-0.2, 0) is 0 Å². The zero-order chi connectivity index (χ0) is 34.4. The second-order valence-corrected chi connectivity index (χ2v) is 13.2. The van der Waals surface area contributed by atoms with Crippen molar-refractivity contribution >= 4 is 32.3 Å². The number of nitrogens with zero attached hydrogens (tertiary/aromatic N) is 3. The summed E-state index contributed by atoms with van der Waals surface area (Å²) in [6.07, 6.45) is 3.67. The molecule has 3 nitrogen and oxygen atoms in total. The number of rotatable bonds is 6. The van der Waals surface area contributed by atoms with Gasteiger partial charge >= 0.3 is 0 Å². The van der Waals surface area contributed by atoms with Crippen molar-refractivity contribution in [3.8, 4) is 67.3 Å². The third-order valence-electron chi connectivity index (χ3n) is 10.2. The summed E-state index contributed by atoms with van der Waals surface area (Å²) >= 11 is 0. The normalized spacial score (nSPS) is 11.5. The first-order chi connectivity index (χ1) is 25.8. The SMILES string of the molecule is c1ccc(-c2cc(-c3ccccc3-c3ccncc3)nc(-c3cccc(-c4ccc5ccc6c(-c7ccccc7)ccc7ccc4c5c76)c3)n2)cc1. The highest BCUT2D eigenvalue weighted by atomic mass is 14.9. The van der Waals surface area contributed by atoms with E-state index >= 15 is 0 Å². The second kappa shape index (κ2) is 12.4. The standard InChI is InChI=1S/C49H31N3/c1-3-10-32(11-4-1)40-22-18-35-21-25-44-41(23-19-36-20-24-43(40)47(35)48(36)44)37-14-9-15-38(30-37)49-51-45(34-12-5-2-6-13-34)31-46(52-49)42-17-8-7-16-39(42)33-26-28-50-29-27-33/h1-31H. The van der Waals surface area contributed by atoms with Gasteiger partial charge in [-0.2, -0.15) is 0 Å². The Bertz CT molecular complexity index is 2880. The Labute approximate surface area is 301 Å². The van der Waals surface area contributed by atoms with E-state index in [4.69, 9.17) is 9.97 Å². The molecule has 52 heavy (non-hydrogen) atoms. The predicted molar refractivity (Wildman–Crippen MR) is 216 cm³/mol. The minimum atomic E-state index is 0.688. The van der Waals surface area contributed by atoms with E-state index in [0.29, 0.717) is 5.82 Å². The molecule has 3 heteroatoms. The molecule has 0 bridgehead atoms. The van der Waals surface area contributed by atoms with Gasteiger partial charge in [-0.3, -0.25) is 4.98 Å². The molecule has 0 saturated heterocycles. The molecule has 10 rings (SSSR count). The first-order valence-electron chi connectivity index (χ1n) is 17.6. The maximum atomic E-state index is 5.26. The van der Waals surface area contributed by atoms with E-state index in [-0.39, 0.29) is 0 Å². The number of aromatic nitrogens is 3. The lowest BCUT2D eigenvalue weighted by atomic mass is 9.87. The molecule has 0 saturated carbocycles. The van der Waals surface area contributed by atoms with Crippen molar-refractivity contribution in [1.29, 1.82) is 0 Å². The summed E-state index contributed by atoms with van der Waals surface area (Å²) in [5.41, 5.74) is 11.8. The fourth-order valence-corrected chi connectivity index (χ4v) is 7.71. The van der Waals surface area contributed by atoms with Gasteiger partial charge in [0.05, 0.1) is 11.4 Å². The Balaban J connectivity index is 1.15. The van der Waals surface area contributed by atoms with Gasteiger partial charge in [-0.1, -0.05) is 152 Å². The van der Waals surface area contributed by atoms with Crippen molar-refractivity contribution < 1.29 is 0 Å². The summed E-state index contributed by atoms with van der Waals surface area (Å²) in [5, 5.41) is 7.63. The van der Waals surface area contributed by atoms with Crippen LogP contribution in [0, 0.1) is 0 Å². The molecular weight excluding hydrogens is 631 g/mol. The average Bonchev–Trinajstić information content (AvgIpc) is 3.23. The minimum absolute atomic E-state index is 0.688. The molecule has 0 amide bonds. The first-order valence-corrected chi connectivity index (χ1v) is 17.6. The number of hydrogen-bond acceptors (Lipinski definition) is 3. The monoisotopic (exact) mass is 661 g/mol. The van der Waals surface area contributed by atoms with Crippen molar-refractivity contribution in [3.63, 3.8) is 0 Å². The highest BCUT2D eigenvalue weighted by molar-refractivity contribution is 6.27. The van der Waals surface area contributed by atoms with Gasteiger partial charge in [-0.15, -0.1) is 0 Å². The van der Waals surface area contributed by atoms with Gasteiger partial charge in [0.1, 0.15) is 0 Å². The Morgan fingerprint density at radius 2 is 0.827 bits per heavy atom. The van der Waals surface area contributed by atoms with Crippen LogP contribution in [0.4, 0.5) is 0 Å². The molecular formula is C49H31N3. The van der Waals surface area contributed by atoms with Crippen molar-refractivity contribution in [3.05, 3.63) is 188 Å². The van der Waals surface area contributed by atoms with E-state index in [9.17, 15) is 0 Å². The predicted octanol–water partition coefficient (Wildman–Crippen LogP) is 12.8. The van der Waals surface area contributed by atoms with Crippen LogP contribution in [-0.4, -0.2) is 15.0 Å². The Morgan fingerprint density at radius 1 is 0.308 bits per heavy atom. The number of pyridine rings is 1. The van der Waals surface area contributed by atoms with E-state index in [0.717, 1.165) is 44.8 Å². The van der Waals surface area contributed by atoms with E-state index in [1.807, 2.05) is 30.6 Å². The van der Waals surface area contributed by atoms with E-state index in [1.54, 1.807) is 0 Å². The van der Waals surface area contributed by atoms with Crippen molar-refractivity contribution in [2.24, 2.45) is 0 Å². The molecule has 0 fully saturated rings. The lowest BCUT2D eigenvalue weighted by Crippen LogP contribution is -1.97. The molecule has 8 aromatic carbocycles. The Hall–Kier alpha value is -6.97. The van der Waals surface area contributed by atoms with Crippen LogP contribution in [0.3, 0.4) is 0 Å². The van der Waals surface area contributed by atoms with Crippen LogP contribution in [0.2, 0.25) is 0 Å². The molecule has 0 spiro atoms. The largest absolute Gasteiger partial charge is 0.265 e. The van der Waals surface area contributed by atoms with E-state index < -0.39 is 0 Å².